The van der Waals surface area contributed by atoms with Crippen molar-refractivity contribution in [2.75, 3.05) is 5.32 Å². The van der Waals surface area contributed by atoms with Crippen molar-refractivity contribution in [3.8, 4) is 11.5 Å². The number of hydrogen-bond acceptors (Lipinski definition) is 6. The summed E-state index contributed by atoms with van der Waals surface area (Å²) in [5.74, 6) is -1.76. The van der Waals surface area contributed by atoms with Crippen LogP contribution in [0.2, 0.25) is 0 Å². The first-order valence-electron chi connectivity index (χ1n) is 7.06. The highest BCUT2D eigenvalue weighted by molar-refractivity contribution is 5.56. The molecule has 3 rings (SSSR count). The van der Waals surface area contributed by atoms with Gasteiger partial charge in [-0.3, -0.25) is 4.98 Å². The Morgan fingerprint density at radius 3 is 2.23 bits per heavy atom. The lowest BCUT2D eigenvalue weighted by atomic mass is 10.3. The summed E-state index contributed by atoms with van der Waals surface area (Å²) in [6, 6.07) is 2.70. The van der Waals surface area contributed by atoms with Gasteiger partial charge in [0.05, 0.1) is 12.4 Å². The highest BCUT2D eigenvalue weighted by atomic mass is 19.4. The predicted octanol–water partition coefficient (Wildman–Crippen LogP) is 3.68. The number of benzene rings is 1. The molecule has 26 heavy (non-hydrogen) atoms. The standard InChI is InChI=1S/C15H9F5N6/c1-7-22-13(11-5-21-6-12(25-11)15(18,19)20)26-14(23-7)24-10-3-8(16)2-9(17)4-10/h2-6H,1H3,(H,22,23,24,26). The van der Waals surface area contributed by atoms with Gasteiger partial charge >= 0.3 is 6.18 Å². The van der Waals surface area contributed by atoms with Crippen molar-refractivity contribution in [3.05, 3.63) is 53.7 Å². The summed E-state index contributed by atoms with van der Waals surface area (Å²) in [5.41, 5.74) is -1.40. The Bertz CT molecular complexity index is 939. The Morgan fingerprint density at radius 2 is 1.58 bits per heavy atom. The fourth-order valence-corrected chi connectivity index (χ4v) is 2.02. The minimum absolute atomic E-state index is 0.0224. The topological polar surface area (TPSA) is 76.5 Å². The van der Waals surface area contributed by atoms with Gasteiger partial charge in [0, 0.05) is 11.8 Å². The van der Waals surface area contributed by atoms with Crippen molar-refractivity contribution in [3.63, 3.8) is 0 Å². The number of nitrogens with one attached hydrogen (secondary N) is 1. The van der Waals surface area contributed by atoms with Crippen LogP contribution in [0.5, 0.6) is 0 Å². The minimum Gasteiger partial charge on any atom is -0.324 e. The second-order valence-electron chi connectivity index (χ2n) is 5.10. The summed E-state index contributed by atoms with van der Waals surface area (Å²) in [6.45, 7) is 1.48. The molecule has 0 fully saturated rings. The van der Waals surface area contributed by atoms with Gasteiger partial charge in [-0.05, 0) is 19.1 Å². The average Bonchev–Trinajstić information content (AvgIpc) is 2.52. The zero-order valence-corrected chi connectivity index (χ0v) is 13.0. The molecule has 0 unspecified atom stereocenters. The lowest BCUT2D eigenvalue weighted by Crippen LogP contribution is -2.10. The first kappa shape index (κ1) is 17.6. The molecular formula is C15H9F5N6. The minimum atomic E-state index is -4.68. The molecule has 0 aliphatic heterocycles. The van der Waals surface area contributed by atoms with Gasteiger partial charge in [0.25, 0.3) is 0 Å². The molecule has 0 aliphatic carbocycles. The van der Waals surface area contributed by atoms with Gasteiger partial charge < -0.3 is 5.32 Å². The quantitative estimate of drug-likeness (QED) is 0.711. The predicted molar refractivity (Wildman–Crippen MR) is 80.2 cm³/mol. The fraction of sp³-hybridized carbons (Fsp3) is 0.133. The molecule has 0 saturated carbocycles. The molecule has 0 saturated heterocycles. The Hall–Kier alpha value is -3.24. The van der Waals surface area contributed by atoms with Crippen molar-refractivity contribution in [2.45, 2.75) is 13.1 Å². The van der Waals surface area contributed by atoms with E-state index in [2.05, 4.69) is 30.2 Å². The van der Waals surface area contributed by atoms with Crippen LogP contribution in [0.3, 0.4) is 0 Å². The summed E-state index contributed by atoms with van der Waals surface area (Å²) < 4.78 is 64.8. The third kappa shape index (κ3) is 4.05. The van der Waals surface area contributed by atoms with E-state index in [-0.39, 0.29) is 29.0 Å². The number of halogens is 5. The summed E-state index contributed by atoms with van der Waals surface area (Å²) >= 11 is 0. The largest absolute Gasteiger partial charge is 0.434 e. The maximum Gasteiger partial charge on any atom is 0.434 e. The van der Waals surface area contributed by atoms with E-state index in [4.69, 9.17) is 0 Å². The van der Waals surface area contributed by atoms with Crippen LogP contribution in [0.15, 0.2) is 30.6 Å². The number of hydrogen-bond donors (Lipinski definition) is 1. The van der Waals surface area contributed by atoms with Crippen LogP contribution in [0.1, 0.15) is 11.5 Å². The molecule has 3 aromatic rings. The van der Waals surface area contributed by atoms with E-state index in [9.17, 15) is 22.0 Å². The van der Waals surface area contributed by atoms with Crippen LogP contribution in [-0.2, 0) is 6.18 Å². The van der Waals surface area contributed by atoms with Crippen LogP contribution < -0.4 is 5.32 Å². The lowest BCUT2D eigenvalue weighted by Gasteiger charge is -2.09. The molecule has 2 heterocycles. The van der Waals surface area contributed by atoms with Gasteiger partial charge in [-0.15, -0.1) is 0 Å². The molecular weight excluding hydrogens is 359 g/mol. The van der Waals surface area contributed by atoms with Crippen molar-refractivity contribution >= 4 is 11.6 Å². The maximum atomic E-state index is 13.3. The summed E-state index contributed by atoms with van der Waals surface area (Å²) in [5, 5.41) is 2.57. The smallest absolute Gasteiger partial charge is 0.324 e. The number of aryl methyl sites for hydroxylation is 1. The van der Waals surface area contributed by atoms with E-state index in [1.165, 1.54) is 6.92 Å². The highest BCUT2D eigenvalue weighted by Crippen LogP contribution is 2.28. The number of rotatable bonds is 3. The van der Waals surface area contributed by atoms with E-state index in [0.717, 1.165) is 18.3 Å². The third-order valence-corrected chi connectivity index (χ3v) is 3.02. The van der Waals surface area contributed by atoms with Gasteiger partial charge in [-0.1, -0.05) is 0 Å². The lowest BCUT2D eigenvalue weighted by molar-refractivity contribution is -0.141. The monoisotopic (exact) mass is 368 g/mol. The van der Waals surface area contributed by atoms with Crippen LogP contribution in [-0.4, -0.2) is 24.9 Å². The van der Waals surface area contributed by atoms with Crippen molar-refractivity contribution in [2.24, 2.45) is 0 Å². The van der Waals surface area contributed by atoms with Crippen LogP contribution >= 0.6 is 0 Å². The number of aromatic nitrogens is 5. The zero-order chi connectivity index (χ0) is 18.9. The van der Waals surface area contributed by atoms with Gasteiger partial charge in [0.2, 0.25) is 5.95 Å². The van der Waals surface area contributed by atoms with Crippen LogP contribution in [0.4, 0.5) is 33.6 Å². The summed E-state index contributed by atoms with van der Waals surface area (Å²) in [6.07, 6.45) is -3.03. The van der Waals surface area contributed by atoms with E-state index < -0.39 is 23.5 Å². The highest BCUT2D eigenvalue weighted by Gasteiger charge is 2.33. The Labute approximate surface area is 143 Å². The summed E-state index contributed by atoms with van der Waals surface area (Å²) in [7, 11) is 0. The second-order valence-corrected chi connectivity index (χ2v) is 5.10. The van der Waals surface area contributed by atoms with E-state index in [0.29, 0.717) is 12.3 Å². The Balaban J connectivity index is 1.98. The molecule has 6 nitrogen and oxygen atoms in total. The molecule has 1 N–H and O–H groups in total. The van der Waals surface area contributed by atoms with E-state index in [1.54, 1.807) is 0 Å². The molecule has 2 aromatic heterocycles. The first-order chi connectivity index (χ1) is 12.2. The van der Waals surface area contributed by atoms with E-state index >= 15 is 0 Å². The number of alkyl halides is 3. The number of anilines is 2. The van der Waals surface area contributed by atoms with Crippen LogP contribution in [0, 0.1) is 18.6 Å². The van der Waals surface area contributed by atoms with Gasteiger partial charge in [0.15, 0.2) is 11.5 Å². The van der Waals surface area contributed by atoms with Gasteiger partial charge in [0.1, 0.15) is 23.2 Å². The third-order valence-electron chi connectivity index (χ3n) is 3.02. The van der Waals surface area contributed by atoms with Crippen molar-refractivity contribution < 1.29 is 22.0 Å². The fourth-order valence-electron chi connectivity index (χ4n) is 2.02. The molecule has 0 amide bonds. The SMILES string of the molecule is Cc1nc(Nc2cc(F)cc(F)c2)nc(-c2cncc(C(F)(F)F)n2)n1. The maximum absolute atomic E-state index is 13.3. The molecule has 0 aliphatic rings. The number of nitrogens with zero attached hydrogens (tertiary/aromatic N) is 5. The van der Waals surface area contributed by atoms with Crippen molar-refractivity contribution in [1.29, 1.82) is 0 Å². The average molecular weight is 368 g/mol. The molecule has 11 heteroatoms. The zero-order valence-electron chi connectivity index (χ0n) is 13.0. The Morgan fingerprint density at radius 1 is 0.885 bits per heavy atom. The second kappa shape index (κ2) is 6.58. The Kier molecular flexibility index (Phi) is 4.45. The molecule has 0 bridgehead atoms. The van der Waals surface area contributed by atoms with E-state index in [1.807, 2.05) is 0 Å². The molecule has 1 aromatic carbocycles. The molecule has 134 valence electrons. The van der Waals surface area contributed by atoms with Crippen LogP contribution in [0.25, 0.3) is 11.5 Å². The summed E-state index contributed by atoms with van der Waals surface area (Å²) in [4.78, 5) is 18.7. The van der Waals surface area contributed by atoms with Gasteiger partial charge in [-0.2, -0.15) is 23.1 Å². The van der Waals surface area contributed by atoms with Gasteiger partial charge in [-0.25, -0.2) is 18.7 Å². The first-order valence-corrected chi connectivity index (χ1v) is 7.06. The molecule has 0 spiro atoms. The molecule has 0 radical (unpaired) electrons. The normalized spacial score (nSPS) is 11.5. The molecule has 0 atom stereocenters. The van der Waals surface area contributed by atoms with Crippen molar-refractivity contribution in [1.82, 2.24) is 24.9 Å².